The van der Waals surface area contributed by atoms with Gasteiger partial charge < -0.3 is 9.64 Å². The van der Waals surface area contributed by atoms with Gasteiger partial charge in [0.25, 0.3) is 0 Å². The highest BCUT2D eigenvalue weighted by molar-refractivity contribution is 6.76. The van der Waals surface area contributed by atoms with Crippen molar-refractivity contribution in [2.75, 3.05) is 13.3 Å². The number of hydrogen-bond acceptors (Lipinski definition) is 2. The average Bonchev–Trinajstić information content (AvgIpc) is 2.10. The fraction of sp³-hybridized carbons (Fsp3) is 0.667. The third-order valence-corrected chi connectivity index (χ3v) is 5.03. The van der Waals surface area contributed by atoms with Gasteiger partial charge in [-0.3, -0.25) is 0 Å². The van der Waals surface area contributed by atoms with E-state index in [-0.39, 0.29) is 0 Å². The Morgan fingerprint density at radius 3 is 2.75 bits per heavy atom. The van der Waals surface area contributed by atoms with Crippen LogP contribution < -0.4 is 0 Å². The van der Waals surface area contributed by atoms with Gasteiger partial charge in [-0.1, -0.05) is 31.8 Å². The molecule has 88 valence electrons. The molecule has 3 aliphatic rings. The van der Waals surface area contributed by atoms with Gasteiger partial charge in [0.15, 0.2) is 7.85 Å². The standard InChI is InChI=1S/C12H22BNOSi/c1-16(2,3)5-4-15-9-14-11-6-10(7-11)8-12(14)13/h6,8,11H,4-5,7,9,13H2,1-3H3. The van der Waals surface area contributed by atoms with Gasteiger partial charge in [0.1, 0.15) is 6.73 Å². The zero-order valence-electron chi connectivity index (χ0n) is 10.9. The number of fused-ring (bicyclic) bond motifs is 1. The Morgan fingerprint density at radius 2 is 2.19 bits per heavy atom. The molecule has 0 saturated carbocycles. The normalized spacial score (nSPS) is 23.7. The van der Waals surface area contributed by atoms with Crippen LogP contribution in [0.25, 0.3) is 0 Å². The van der Waals surface area contributed by atoms with Crippen LogP contribution in [0.3, 0.4) is 0 Å². The summed E-state index contributed by atoms with van der Waals surface area (Å²) in [5.41, 5.74) is 2.86. The third-order valence-electron chi connectivity index (χ3n) is 3.33. The van der Waals surface area contributed by atoms with Crippen molar-refractivity contribution in [2.45, 2.75) is 38.1 Å². The second kappa shape index (κ2) is 4.42. The van der Waals surface area contributed by atoms with Crippen LogP contribution in [0.4, 0.5) is 0 Å². The second-order valence-corrected chi connectivity index (χ2v) is 11.7. The molecule has 0 fully saturated rings. The zero-order chi connectivity index (χ0) is 11.8. The largest absolute Gasteiger partial charge is 0.361 e. The highest BCUT2D eigenvalue weighted by atomic mass is 28.3. The Labute approximate surface area is 101 Å². The summed E-state index contributed by atoms with van der Waals surface area (Å²) in [6, 6.07) is 1.88. The minimum Gasteiger partial charge on any atom is -0.361 e. The Hall–Kier alpha value is -0.478. The van der Waals surface area contributed by atoms with Crippen LogP contribution in [0.15, 0.2) is 23.3 Å². The van der Waals surface area contributed by atoms with E-state index in [1.807, 2.05) is 0 Å². The molecule has 0 aromatic rings. The predicted molar refractivity (Wildman–Crippen MR) is 73.9 cm³/mol. The molecular formula is C12H22BNOSi. The van der Waals surface area contributed by atoms with Crippen molar-refractivity contribution in [1.29, 1.82) is 0 Å². The second-order valence-electron chi connectivity index (χ2n) is 6.12. The molecule has 1 atom stereocenters. The van der Waals surface area contributed by atoms with Crippen LogP contribution in [0, 0.1) is 0 Å². The van der Waals surface area contributed by atoms with Crippen molar-refractivity contribution in [3.63, 3.8) is 0 Å². The van der Waals surface area contributed by atoms with E-state index in [1.165, 1.54) is 23.6 Å². The van der Waals surface area contributed by atoms with Crippen molar-refractivity contribution in [3.8, 4) is 0 Å². The molecule has 0 amide bonds. The SMILES string of the molecule is BC1=CC2=CC(C2)N1COCC[Si](C)(C)C. The van der Waals surface area contributed by atoms with Crippen LogP contribution in [-0.4, -0.2) is 40.2 Å². The number of nitrogens with zero attached hydrogens (tertiary/aromatic N) is 1. The molecule has 2 nitrogen and oxygen atoms in total. The number of rotatable bonds is 5. The van der Waals surface area contributed by atoms with E-state index in [1.54, 1.807) is 0 Å². The summed E-state index contributed by atoms with van der Waals surface area (Å²) in [7, 11) is 1.24. The molecule has 0 spiro atoms. The summed E-state index contributed by atoms with van der Waals surface area (Å²) in [5, 5.41) is 0. The molecule has 2 aliphatic heterocycles. The summed E-state index contributed by atoms with van der Waals surface area (Å²) < 4.78 is 5.81. The first kappa shape index (κ1) is 12.0. The Morgan fingerprint density at radius 1 is 1.50 bits per heavy atom. The minimum absolute atomic E-state index is 0.617. The van der Waals surface area contributed by atoms with Crippen molar-refractivity contribution in [1.82, 2.24) is 4.90 Å². The summed E-state index contributed by atoms with van der Waals surface area (Å²) >= 11 is 0. The highest BCUT2D eigenvalue weighted by Gasteiger charge is 2.29. The molecule has 0 aromatic carbocycles. The lowest BCUT2D eigenvalue weighted by Crippen LogP contribution is -2.43. The fourth-order valence-electron chi connectivity index (χ4n) is 2.11. The zero-order valence-corrected chi connectivity index (χ0v) is 11.9. The molecule has 0 radical (unpaired) electrons. The molecule has 0 saturated heterocycles. The predicted octanol–water partition coefficient (Wildman–Crippen LogP) is 1.79. The molecule has 16 heavy (non-hydrogen) atoms. The van der Waals surface area contributed by atoms with Gasteiger partial charge in [0, 0.05) is 14.7 Å². The van der Waals surface area contributed by atoms with Crippen LogP contribution in [0.2, 0.25) is 25.7 Å². The molecule has 3 rings (SSSR count). The van der Waals surface area contributed by atoms with Crippen molar-refractivity contribution in [2.24, 2.45) is 0 Å². The molecule has 1 unspecified atom stereocenters. The van der Waals surface area contributed by atoms with Crippen LogP contribution >= 0.6 is 0 Å². The smallest absolute Gasteiger partial charge is 0.160 e. The van der Waals surface area contributed by atoms with E-state index >= 15 is 0 Å². The molecular weight excluding hydrogens is 213 g/mol. The molecule has 1 aliphatic carbocycles. The monoisotopic (exact) mass is 235 g/mol. The number of hydrogen-bond donors (Lipinski definition) is 0. The molecule has 0 N–H and O–H groups in total. The molecule has 0 aromatic heterocycles. The maximum Gasteiger partial charge on any atom is 0.160 e. The molecule has 2 heterocycles. The van der Waals surface area contributed by atoms with Gasteiger partial charge in [-0.05, 0) is 23.6 Å². The highest BCUT2D eigenvalue weighted by Crippen LogP contribution is 2.33. The summed E-state index contributed by atoms with van der Waals surface area (Å²) in [6.45, 7) is 8.86. The van der Waals surface area contributed by atoms with Gasteiger partial charge in [-0.2, -0.15) is 0 Å². The topological polar surface area (TPSA) is 12.5 Å². The van der Waals surface area contributed by atoms with Gasteiger partial charge in [-0.15, -0.1) is 0 Å². The van der Waals surface area contributed by atoms with Crippen molar-refractivity contribution >= 4 is 15.9 Å². The Bertz CT molecular complexity index is 332. The number of allylic oxidation sites excluding steroid dienone is 1. The van der Waals surface area contributed by atoms with Crippen LogP contribution in [0.1, 0.15) is 6.42 Å². The van der Waals surface area contributed by atoms with E-state index in [2.05, 4.69) is 44.5 Å². The average molecular weight is 235 g/mol. The quantitative estimate of drug-likeness (QED) is 0.532. The lowest BCUT2D eigenvalue weighted by Gasteiger charge is -2.42. The first-order valence-corrected chi connectivity index (χ1v) is 9.90. The summed E-state index contributed by atoms with van der Waals surface area (Å²) in [6.07, 6.45) is 5.84. The van der Waals surface area contributed by atoms with E-state index in [4.69, 9.17) is 4.74 Å². The third kappa shape index (κ3) is 2.80. The number of ether oxygens (including phenoxy) is 1. The van der Waals surface area contributed by atoms with Crippen LogP contribution in [0.5, 0.6) is 0 Å². The summed E-state index contributed by atoms with van der Waals surface area (Å²) in [5.74, 6) is 0. The first-order valence-electron chi connectivity index (χ1n) is 6.19. The van der Waals surface area contributed by atoms with Gasteiger partial charge in [0.05, 0.1) is 6.04 Å². The lowest BCUT2D eigenvalue weighted by atomic mass is 9.82. The lowest BCUT2D eigenvalue weighted by molar-refractivity contribution is 0.0400. The van der Waals surface area contributed by atoms with Crippen LogP contribution in [-0.2, 0) is 4.74 Å². The maximum absolute atomic E-state index is 5.81. The fourth-order valence-corrected chi connectivity index (χ4v) is 2.87. The maximum atomic E-state index is 5.81. The van der Waals surface area contributed by atoms with Gasteiger partial charge >= 0.3 is 0 Å². The van der Waals surface area contributed by atoms with E-state index in [0.29, 0.717) is 6.04 Å². The first-order chi connectivity index (χ1) is 7.46. The van der Waals surface area contributed by atoms with E-state index in [9.17, 15) is 0 Å². The van der Waals surface area contributed by atoms with Gasteiger partial charge in [0.2, 0.25) is 0 Å². The van der Waals surface area contributed by atoms with E-state index in [0.717, 1.165) is 13.3 Å². The van der Waals surface area contributed by atoms with E-state index < -0.39 is 8.07 Å². The minimum atomic E-state index is -0.938. The Balaban J connectivity index is 1.71. The van der Waals surface area contributed by atoms with Gasteiger partial charge in [-0.25, -0.2) is 0 Å². The Kier molecular flexibility index (Phi) is 3.31. The van der Waals surface area contributed by atoms with Crippen molar-refractivity contribution in [3.05, 3.63) is 23.3 Å². The molecule has 2 bridgehead atoms. The summed E-state index contributed by atoms with van der Waals surface area (Å²) in [4.78, 5) is 2.37. The molecule has 4 heteroatoms. The van der Waals surface area contributed by atoms with Crippen molar-refractivity contribution < 1.29 is 4.74 Å².